The predicted octanol–water partition coefficient (Wildman–Crippen LogP) is -0.301. The van der Waals surface area contributed by atoms with Gasteiger partial charge in [0.25, 0.3) is 0 Å². The van der Waals surface area contributed by atoms with Crippen molar-refractivity contribution in [2.75, 3.05) is 32.8 Å². The third-order valence-electron chi connectivity index (χ3n) is 7.60. The molecule has 1 aliphatic heterocycles. The fourth-order valence-corrected chi connectivity index (χ4v) is 5.33. The zero-order valence-electron chi connectivity index (χ0n) is 24.1. The Morgan fingerprint density at radius 3 is 2.18 bits per heavy atom. The van der Waals surface area contributed by atoms with Gasteiger partial charge in [0.2, 0.25) is 23.6 Å². The summed E-state index contributed by atoms with van der Waals surface area (Å²) in [5.41, 5.74) is 4.27. The summed E-state index contributed by atoms with van der Waals surface area (Å²) in [5, 5.41) is 27.5. The molecule has 1 aliphatic carbocycles. The first kappa shape index (κ1) is 31.9. The Kier molecular flexibility index (Phi) is 10.5. The molecule has 0 unspecified atom stereocenters. The van der Waals surface area contributed by atoms with Crippen molar-refractivity contribution >= 4 is 35.7 Å². The molecule has 4 rings (SSSR count). The monoisotopic (exact) mass is 609 g/mol. The van der Waals surface area contributed by atoms with Crippen LogP contribution in [0, 0.1) is 0 Å². The molecule has 2 aromatic rings. The van der Waals surface area contributed by atoms with E-state index in [4.69, 9.17) is 14.9 Å². The number of ether oxygens (including phenoxy) is 1. The third-order valence-corrected chi connectivity index (χ3v) is 7.60. The molecule has 0 aromatic heterocycles. The standard InChI is InChI=1S/C30H35N5O9/c1-17(33-30(43)44-16-22-20-9-4-2-7-18(20)19-8-3-5-10-21(19)22)27(39)32-13-25(37)31-14-26(38)35-12-6-11-24(35)28(40)34-23(15-36)29(41)42/h2-5,7-10,17,22-24,36H,6,11-16H2,1H3,(H,31,37)(H,32,39)(H,33,43)(H,34,40)(H,41,42)/t17-,23-,24-/m0/s1. The summed E-state index contributed by atoms with van der Waals surface area (Å²) in [4.78, 5) is 74.5. The van der Waals surface area contributed by atoms with Crippen LogP contribution >= 0.6 is 0 Å². The van der Waals surface area contributed by atoms with E-state index in [0.717, 1.165) is 22.3 Å². The molecule has 0 radical (unpaired) electrons. The molecular formula is C30H35N5O9. The summed E-state index contributed by atoms with van der Waals surface area (Å²) < 4.78 is 5.44. The molecule has 44 heavy (non-hydrogen) atoms. The van der Waals surface area contributed by atoms with E-state index in [2.05, 4.69) is 21.3 Å². The molecule has 14 nitrogen and oxygen atoms in total. The molecule has 1 fully saturated rings. The summed E-state index contributed by atoms with van der Waals surface area (Å²) in [6, 6.07) is 12.3. The lowest BCUT2D eigenvalue weighted by Crippen LogP contribution is -2.53. The molecule has 2 aliphatic rings. The number of alkyl carbamates (subject to hydrolysis) is 1. The lowest BCUT2D eigenvalue weighted by atomic mass is 9.98. The second-order valence-corrected chi connectivity index (χ2v) is 10.5. The fourth-order valence-electron chi connectivity index (χ4n) is 5.33. The first-order valence-electron chi connectivity index (χ1n) is 14.2. The normalized spacial score (nSPS) is 16.6. The number of fused-ring (bicyclic) bond motifs is 3. The second-order valence-electron chi connectivity index (χ2n) is 10.5. The minimum absolute atomic E-state index is 0.0751. The van der Waals surface area contributed by atoms with Gasteiger partial charge in [-0.25, -0.2) is 9.59 Å². The number of benzene rings is 2. The molecule has 3 atom stereocenters. The number of aliphatic hydroxyl groups excluding tert-OH is 1. The van der Waals surface area contributed by atoms with Crippen LogP contribution in [0.4, 0.5) is 4.79 Å². The average Bonchev–Trinajstić information content (AvgIpc) is 3.63. The molecule has 0 saturated carbocycles. The zero-order chi connectivity index (χ0) is 31.8. The lowest BCUT2D eigenvalue weighted by molar-refractivity contribution is -0.144. The molecule has 6 N–H and O–H groups in total. The van der Waals surface area contributed by atoms with Crippen molar-refractivity contribution in [1.82, 2.24) is 26.2 Å². The van der Waals surface area contributed by atoms with Gasteiger partial charge in [0.05, 0.1) is 19.7 Å². The first-order valence-corrected chi connectivity index (χ1v) is 14.2. The maximum Gasteiger partial charge on any atom is 0.407 e. The van der Waals surface area contributed by atoms with Crippen LogP contribution < -0.4 is 21.3 Å². The molecule has 234 valence electrons. The topological polar surface area (TPSA) is 203 Å². The van der Waals surface area contributed by atoms with Gasteiger partial charge in [-0.05, 0) is 42.0 Å². The van der Waals surface area contributed by atoms with Crippen LogP contribution in [-0.4, -0.2) is 102 Å². The van der Waals surface area contributed by atoms with Crippen molar-refractivity contribution in [2.45, 2.75) is 43.8 Å². The smallest absolute Gasteiger partial charge is 0.407 e. The number of carbonyl (C=O) groups excluding carboxylic acids is 5. The van der Waals surface area contributed by atoms with Crippen molar-refractivity contribution in [1.29, 1.82) is 0 Å². The van der Waals surface area contributed by atoms with Gasteiger partial charge in [-0.1, -0.05) is 48.5 Å². The summed E-state index contributed by atoms with van der Waals surface area (Å²) in [6.07, 6.45) is 0.00936. The van der Waals surface area contributed by atoms with Gasteiger partial charge in [-0.3, -0.25) is 19.2 Å². The largest absolute Gasteiger partial charge is 0.480 e. The Hall–Kier alpha value is -4.98. The summed E-state index contributed by atoms with van der Waals surface area (Å²) >= 11 is 0. The van der Waals surface area contributed by atoms with Crippen LogP contribution in [0.2, 0.25) is 0 Å². The number of carboxylic acids is 1. The van der Waals surface area contributed by atoms with Crippen molar-refractivity contribution in [3.63, 3.8) is 0 Å². The Morgan fingerprint density at radius 2 is 1.57 bits per heavy atom. The predicted molar refractivity (Wildman–Crippen MR) is 155 cm³/mol. The van der Waals surface area contributed by atoms with Crippen molar-refractivity contribution in [3.8, 4) is 11.1 Å². The minimum Gasteiger partial charge on any atom is -0.480 e. The molecule has 14 heteroatoms. The maximum absolute atomic E-state index is 12.6. The first-order chi connectivity index (χ1) is 21.1. The van der Waals surface area contributed by atoms with Crippen LogP contribution in [0.3, 0.4) is 0 Å². The van der Waals surface area contributed by atoms with Crippen LogP contribution in [-0.2, 0) is 28.7 Å². The van der Waals surface area contributed by atoms with Gasteiger partial charge in [0.1, 0.15) is 24.7 Å². The number of nitrogens with zero attached hydrogens (tertiary/aromatic N) is 1. The van der Waals surface area contributed by atoms with Crippen molar-refractivity contribution < 1.29 is 43.7 Å². The SMILES string of the molecule is C[C@H](NC(=O)OCC1c2ccccc2-c2ccccc21)C(=O)NCC(=O)NCC(=O)N1CCC[C@H]1C(=O)N[C@@H](CO)C(=O)O. The number of carbonyl (C=O) groups is 6. The second kappa shape index (κ2) is 14.5. The van der Waals surface area contributed by atoms with Gasteiger partial charge in [0.15, 0.2) is 0 Å². The van der Waals surface area contributed by atoms with E-state index in [1.54, 1.807) is 0 Å². The molecule has 1 saturated heterocycles. The molecule has 1 heterocycles. The minimum atomic E-state index is -1.50. The fraction of sp³-hybridized carbons (Fsp3) is 0.400. The molecule has 0 spiro atoms. The highest BCUT2D eigenvalue weighted by Crippen LogP contribution is 2.44. The molecule has 0 bridgehead atoms. The molecule has 5 amide bonds. The van der Waals surface area contributed by atoms with E-state index in [-0.39, 0.29) is 19.1 Å². The number of rotatable bonds is 12. The zero-order valence-corrected chi connectivity index (χ0v) is 24.1. The van der Waals surface area contributed by atoms with Gasteiger partial charge in [0, 0.05) is 12.5 Å². The Morgan fingerprint density at radius 1 is 0.932 bits per heavy atom. The number of nitrogens with one attached hydrogen (secondary N) is 4. The van der Waals surface area contributed by atoms with E-state index < -0.39 is 73.5 Å². The summed E-state index contributed by atoms with van der Waals surface area (Å²) in [6.45, 7) is 0.0227. The quantitative estimate of drug-likeness (QED) is 0.187. The average molecular weight is 610 g/mol. The lowest BCUT2D eigenvalue weighted by Gasteiger charge is -2.25. The van der Waals surface area contributed by atoms with E-state index in [1.165, 1.54) is 11.8 Å². The number of hydrogen-bond acceptors (Lipinski definition) is 8. The number of likely N-dealkylation sites (tertiary alicyclic amines) is 1. The molecule has 2 aromatic carbocycles. The van der Waals surface area contributed by atoms with Crippen molar-refractivity contribution in [3.05, 3.63) is 59.7 Å². The van der Waals surface area contributed by atoms with Gasteiger partial charge in [-0.15, -0.1) is 0 Å². The van der Waals surface area contributed by atoms with E-state index >= 15 is 0 Å². The third kappa shape index (κ3) is 7.50. The van der Waals surface area contributed by atoms with Gasteiger partial charge in [-0.2, -0.15) is 0 Å². The highest BCUT2D eigenvalue weighted by atomic mass is 16.5. The van der Waals surface area contributed by atoms with Gasteiger partial charge >= 0.3 is 12.1 Å². The Balaban J connectivity index is 1.17. The number of hydrogen-bond donors (Lipinski definition) is 6. The Labute approximate surface area is 253 Å². The number of aliphatic carboxylic acids is 1. The van der Waals surface area contributed by atoms with Crippen LogP contribution in [0.5, 0.6) is 0 Å². The summed E-state index contributed by atoms with van der Waals surface area (Å²) in [5.74, 6) is -4.15. The van der Waals surface area contributed by atoms with Crippen LogP contribution in [0.15, 0.2) is 48.5 Å². The summed E-state index contributed by atoms with van der Waals surface area (Å²) in [7, 11) is 0. The van der Waals surface area contributed by atoms with E-state index in [9.17, 15) is 28.8 Å². The number of aliphatic hydroxyl groups is 1. The van der Waals surface area contributed by atoms with E-state index in [1.807, 2.05) is 48.5 Å². The van der Waals surface area contributed by atoms with Crippen molar-refractivity contribution in [2.24, 2.45) is 0 Å². The van der Waals surface area contributed by atoms with Crippen LogP contribution in [0.1, 0.15) is 36.8 Å². The molecular weight excluding hydrogens is 574 g/mol. The van der Waals surface area contributed by atoms with Crippen LogP contribution in [0.25, 0.3) is 11.1 Å². The highest BCUT2D eigenvalue weighted by Gasteiger charge is 2.36. The number of carboxylic acid groups (broad SMARTS) is 1. The Bertz CT molecular complexity index is 1390. The number of amides is 5. The van der Waals surface area contributed by atoms with E-state index in [0.29, 0.717) is 12.8 Å². The highest BCUT2D eigenvalue weighted by molar-refractivity contribution is 5.93. The van der Waals surface area contributed by atoms with Gasteiger partial charge < -0.3 is 41.1 Å². The maximum atomic E-state index is 12.6.